The van der Waals surface area contributed by atoms with E-state index >= 15 is 0 Å². The molecule has 2 saturated heterocycles. The number of nitrogens with one attached hydrogen (secondary N) is 1. The van der Waals surface area contributed by atoms with Crippen LogP contribution < -0.4 is 15.1 Å². The molecule has 1 amide bonds. The molecule has 0 radical (unpaired) electrons. The van der Waals surface area contributed by atoms with Gasteiger partial charge >= 0.3 is 0 Å². The predicted octanol–water partition coefficient (Wildman–Crippen LogP) is 5.71. The van der Waals surface area contributed by atoms with Gasteiger partial charge in [0, 0.05) is 42.5 Å². The summed E-state index contributed by atoms with van der Waals surface area (Å²) < 4.78 is 18.1. The van der Waals surface area contributed by atoms with Crippen LogP contribution in [-0.2, 0) is 20.1 Å². The van der Waals surface area contributed by atoms with Crippen LogP contribution in [0.5, 0.6) is 11.5 Å². The lowest BCUT2D eigenvalue weighted by molar-refractivity contribution is -0.164. The number of nitrogens with zero attached hydrogens (tertiary/aromatic N) is 2. The van der Waals surface area contributed by atoms with Crippen molar-refractivity contribution in [3.63, 3.8) is 0 Å². The summed E-state index contributed by atoms with van der Waals surface area (Å²) in [6.45, 7) is 7.58. The van der Waals surface area contributed by atoms with Gasteiger partial charge in [-0.2, -0.15) is 0 Å². The van der Waals surface area contributed by atoms with Crippen LogP contribution in [0.4, 0.5) is 5.69 Å². The largest absolute Gasteiger partial charge is 0.508 e. The number of ether oxygens (including phenoxy) is 3. The lowest BCUT2D eigenvalue weighted by atomic mass is 9.96. The van der Waals surface area contributed by atoms with Gasteiger partial charge in [0.2, 0.25) is 5.91 Å². The third-order valence-corrected chi connectivity index (χ3v) is 8.11. The van der Waals surface area contributed by atoms with E-state index in [0.717, 1.165) is 35.7 Å². The van der Waals surface area contributed by atoms with Gasteiger partial charge in [-0.3, -0.25) is 10.2 Å². The van der Waals surface area contributed by atoms with Gasteiger partial charge in [-0.15, -0.1) is 0 Å². The predicted molar refractivity (Wildman–Crippen MR) is 160 cm³/mol. The molecule has 0 aliphatic carbocycles. The summed E-state index contributed by atoms with van der Waals surface area (Å²) in [7, 11) is 0. The first-order valence-electron chi connectivity index (χ1n) is 13.8. The van der Waals surface area contributed by atoms with E-state index in [0.29, 0.717) is 42.8 Å². The van der Waals surface area contributed by atoms with E-state index < -0.39 is 5.79 Å². The fraction of sp³-hybridized carbons (Fsp3) is 0.387. The minimum atomic E-state index is -0.954. The molecule has 0 aromatic heterocycles. The molecule has 2 fully saturated rings. The zero-order chi connectivity index (χ0) is 29.0. The molecule has 0 saturated carbocycles. The minimum absolute atomic E-state index is 0.0265. The molecule has 3 aromatic rings. The van der Waals surface area contributed by atoms with Crippen LogP contribution in [0.2, 0.25) is 10.0 Å². The van der Waals surface area contributed by atoms with Gasteiger partial charge < -0.3 is 24.2 Å². The molecular weight excluding hydrogens is 565 g/mol. The Bertz CT molecular complexity index is 1330. The van der Waals surface area contributed by atoms with Crippen molar-refractivity contribution in [3.05, 3.63) is 87.9 Å². The summed E-state index contributed by atoms with van der Waals surface area (Å²) in [5, 5.41) is 12.6. The Kier molecular flexibility index (Phi) is 9.26. The third-order valence-electron chi connectivity index (χ3n) is 7.56. The van der Waals surface area contributed by atoms with Gasteiger partial charge in [0.1, 0.15) is 24.2 Å². The van der Waals surface area contributed by atoms with Crippen LogP contribution in [0.1, 0.15) is 37.3 Å². The zero-order valence-corrected chi connectivity index (χ0v) is 24.7. The summed E-state index contributed by atoms with van der Waals surface area (Å²) in [5.41, 5.74) is 5.81. The number of phenolic OH excluding ortho intramolecular Hbond substituents is 1. The highest BCUT2D eigenvalue weighted by molar-refractivity contribution is 6.35. The minimum Gasteiger partial charge on any atom is -0.508 e. The molecule has 2 N–H and O–H groups in total. The average Bonchev–Trinajstić information content (AvgIpc) is 3.35. The van der Waals surface area contributed by atoms with Crippen LogP contribution >= 0.6 is 23.2 Å². The second kappa shape index (κ2) is 12.9. The van der Waals surface area contributed by atoms with E-state index in [2.05, 4.69) is 10.3 Å². The van der Waals surface area contributed by atoms with Crippen molar-refractivity contribution in [2.75, 3.05) is 44.3 Å². The molecule has 2 aliphatic heterocycles. The van der Waals surface area contributed by atoms with Gasteiger partial charge in [0.15, 0.2) is 5.79 Å². The second-order valence-corrected chi connectivity index (χ2v) is 11.3. The summed E-state index contributed by atoms with van der Waals surface area (Å²) in [4.78, 5) is 15.2. The van der Waals surface area contributed by atoms with Crippen molar-refractivity contribution < 1.29 is 24.1 Å². The molecule has 3 aromatic carbocycles. The number of piperazine rings is 1. The molecule has 41 heavy (non-hydrogen) atoms. The first kappa shape index (κ1) is 29.5. The zero-order valence-electron chi connectivity index (χ0n) is 23.2. The summed E-state index contributed by atoms with van der Waals surface area (Å²) in [6.07, 6.45) is 0.442. The van der Waals surface area contributed by atoms with Gasteiger partial charge in [-0.1, -0.05) is 48.3 Å². The molecule has 1 unspecified atom stereocenters. The van der Waals surface area contributed by atoms with Crippen molar-refractivity contribution in [3.8, 4) is 11.5 Å². The number of carbonyl (C=O) groups is 1. The Morgan fingerprint density at radius 2 is 1.78 bits per heavy atom. The Morgan fingerprint density at radius 3 is 2.44 bits per heavy atom. The Morgan fingerprint density at radius 1 is 1.07 bits per heavy atom. The summed E-state index contributed by atoms with van der Waals surface area (Å²) in [5.74, 6) is -0.293. The maximum absolute atomic E-state index is 12.9. The van der Waals surface area contributed by atoms with Crippen LogP contribution in [-0.4, -0.2) is 61.5 Å². The monoisotopic (exact) mass is 599 g/mol. The number of amides is 1. The second-order valence-electron chi connectivity index (χ2n) is 10.4. The number of hydrogen-bond acceptors (Lipinski definition) is 7. The van der Waals surface area contributed by atoms with Crippen LogP contribution in [0, 0.1) is 0 Å². The van der Waals surface area contributed by atoms with Crippen molar-refractivity contribution in [2.45, 2.75) is 38.1 Å². The van der Waals surface area contributed by atoms with Crippen molar-refractivity contribution in [1.82, 2.24) is 10.4 Å². The molecule has 218 valence electrons. The standard InChI is InChI=1S/C31H35Cl2N3O5/c1-3-27(21-4-9-24(37)10-5-21)30(38)34-36-16-14-35(15-17-36)23-7-11-25(12-8-23)39-19-26-20-40-31(2,41-26)28-13-6-22(32)18-29(28)33/h4-13,18,26-27,37H,3,14-17,19-20H2,1-2H3,(H,34,38)/t26-,27?,31+/m1/s1. The molecule has 2 heterocycles. The van der Waals surface area contributed by atoms with Crippen LogP contribution in [0.15, 0.2) is 66.7 Å². The van der Waals surface area contributed by atoms with E-state index in [1.807, 2.05) is 49.2 Å². The normalized spacial score (nSPS) is 22.0. The Labute approximate surface area is 250 Å². The summed E-state index contributed by atoms with van der Waals surface area (Å²) >= 11 is 12.4. The molecular formula is C31H35Cl2N3O5. The lowest BCUT2D eigenvalue weighted by Crippen LogP contribution is -2.54. The molecule has 8 nitrogen and oxygen atoms in total. The van der Waals surface area contributed by atoms with E-state index in [9.17, 15) is 9.90 Å². The van der Waals surface area contributed by atoms with Crippen LogP contribution in [0.25, 0.3) is 0 Å². The number of carbonyl (C=O) groups excluding carboxylic acids is 1. The quantitative estimate of drug-likeness (QED) is 0.326. The number of hydrogen-bond donors (Lipinski definition) is 2. The maximum atomic E-state index is 12.9. The third kappa shape index (κ3) is 7.08. The van der Waals surface area contributed by atoms with Gasteiger partial charge in [-0.05, 0) is 67.4 Å². The number of rotatable bonds is 9. The molecule has 3 atom stereocenters. The maximum Gasteiger partial charge on any atom is 0.241 e. The van der Waals surface area contributed by atoms with E-state index in [1.54, 1.807) is 36.4 Å². The van der Waals surface area contributed by atoms with E-state index in [4.69, 9.17) is 37.4 Å². The number of anilines is 1. The first-order valence-corrected chi connectivity index (χ1v) is 14.6. The number of halogens is 2. The SMILES string of the molecule is CCC(C(=O)NN1CCN(c2ccc(OC[C@@H]3CO[C@](C)(c4ccc(Cl)cc4Cl)O3)cc2)CC1)c1ccc(O)cc1. The highest BCUT2D eigenvalue weighted by atomic mass is 35.5. The van der Waals surface area contributed by atoms with Crippen molar-refractivity contribution >= 4 is 34.8 Å². The van der Waals surface area contributed by atoms with E-state index in [-0.39, 0.29) is 23.7 Å². The number of benzene rings is 3. The first-order chi connectivity index (χ1) is 19.7. The topological polar surface area (TPSA) is 83.5 Å². The van der Waals surface area contributed by atoms with Gasteiger partial charge in [-0.25, -0.2) is 5.01 Å². The number of phenols is 1. The number of aromatic hydroxyl groups is 1. The smallest absolute Gasteiger partial charge is 0.241 e. The highest BCUT2D eigenvalue weighted by Gasteiger charge is 2.40. The fourth-order valence-electron chi connectivity index (χ4n) is 5.25. The van der Waals surface area contributed by atoms with Crippen LogP contribution in [0.3, 0.4) is 0 Å². The number of hydrazine groups is 1. The average molecular weight is 601 g/mol. The van der Waals surface area contributed by atoms with Crippen molar-refractivity contribution in [1.29, 1.82) is 0 Å². The molecule has 0 spiro atoms. The Hall–Kier alpha value is -3.01. The van der Waals surface area contributed by atoms with Crippen molar-refractivity contribution in [2.24, 2.45) is 0 Å². The Balaban J connectivity index is 1.08. The molecule has 5 rings (SSSR count). The molecule has 0 bridgehead atoms. The summed E-state index contributed by atoms with van der Waals surface area (Å²) in [6, 6.07) is 20.1. The fourth-order valence-corrected chi connectivity index (χ4v) is 5.83. The lowest BCUT2D eigenvalue weighted by Gasteiger charge is -2.36. The van der Waals surface area contributed by atoms with E-state index in [1.165, 1.54) is 0 Å². The molecule has 2 aliphatic rings. The van der Waals surface area contributed by atoms with Gasteiger partial charge in [0.25, 0.3) is 0 Å². The highest BCUT2D eigenvalue weighted by Crippen LogP contribution is 2.38. The molecule has 10 heteroatoms. The van der Waals surface area contributed by atoms with Gasteiger partial charge in [0.05, 0.1) is 17.5 Å².